The average molecular weight is 457 g/mol. The summed E-state index contributed by atoms with van der Waals surface area (Å²) in [6, 6.07) is 5.78. The maximum atomic E-state index is 12.3. The van der Waals surface area contributed by atoms with Crippen LogP contribution in [0.5, 0.6) is 0 Å². The first-order valence-corrected chi connectivity index (χ1v) is 11.4. The Balaban J connectivity index is 1.69. The summed E-state index contributed by atoms with van der Waals surface area (Å²) in [5, 5.41) is 17.4. The highest BCUT2D eigenvalue weighted by Gasteiger charge is 2.25. The molecular weight excluding hydrogens is 428 g/mol. The van der Waals surface area contributed by atoms with E-state index in [0.717, 1.165) is 25.9 Å². The lowest BCUT2D eigenvalue weighted by molar-refractivity contribution is -0.139. The summed E-state index contributed by atoms with van der Waals surface area (Å²) < 4.78 is 32.1. The van der Waals surface area contributed by atoms with Crippen molar-refractivity contribution in [3.8, 4) is 0 Å². The van der Waals surface area contributed by atoms with Crippen LogP contribution >= 0.6 is 0 Å². The van der Waals surface area contributed by atoms with E-state index < -0.39 is 34.5 Å². The largest absolute Gasteiger partial charge is 0.480 e. The van der Waals surface area contributed by atoms with Gasteiger partial charge < -0.3 is 25.8 Å². The predicted octanol–water partition coefficient (Wildman–Crippen LogP) is -1.19. The third kappa shape index (κ3) is 9.00. The Morgan fingerprint density at radius 2 is 1.77 bits per heavy atom. The molecule has 1 aliphatic rings. The van der Waals surface area contributed by atoms with Gasteiger partial charge in [-0.3, -0.25) is 14.4 Å². The Labute approximate surface area is 181 Å². The number of carbonyl (C=O) groups excluding carboxylic acids is 2. The van der Waals surface area contributed by atoms with Crippen LogP contribution in [0.2, 0.25) is 0 Å². The number of hydrogen-bond donors (Lipinski definition) is 5. The lowest BCUT2D eigenvalue weighted by Gasteiger charge is -2.22. The van der Waals surface area contributed by atoms with E-state index in [0.29, 0.717) is 0 Å². The summed E-state index contributed by atoms with van der Waals surface area (Å²) >= 11 is 0. The first-order chi connectivity index (χ1) is 14.8. The van der Waals surface area contributed by atoms with E-state index in [1.54, 1.807) is 6.07 Å². The zero-order valence-electron chi connectivity index (χ0n) is 17.0. The minimum Gasteiger partial charge on any atom is -0.480 e. The molecule has 0 spiro atoms. The molecule has 1 atom stereocenters. The van der Waals surface area contributed by atoms with Gasteiger partial charge in [-0.2, -0.15) is 4.72 Å². The highest BCUT2D eigenvalue weighted by molar-refractivity contribution is 7.89. The van der Waals surface area contributed by atoms with Gasteiger partial charge in [-0.05, 0) is 38.1 Å². The fourth-order valence-electron chi connectivity index (χ4n) is 2.86. The second kappa shape index (κ2) is 12.3. The molecule has 1 aromatic rings. The first-order valence-electron chi connectivity index (χ1n) is 9.94. The van der Waals surface area contributed by atoms with E-state index in [-0.39, 0.29) is 36.5 Å². The summed E-state index contributed by atoms with van der Waals surface area (Å²) in [5.74, 6) is -2.29. The van der Waals surface area contributed by atoms with E-state index in [1.165, 1.54) is 24.3 Å². The van der Waals surface area contributed by atoms with Gasteiger partial charge in [-0.1, -0.05) is 18.2 Å². The summed E-state index contributed by atoms with van der Waals surface area (Å²) in [6.45, 7) is 1.23. The van der Waals surface area contributed by atoms with E-state index in [1.807, 2.05) is 0 Å². The van der Waals surface area contributed by atoms with E-state index in [4.69, 9.17) is 4.74 Å². The lowest BCUT2D eigenvalue weighted by atomic mass is 10.1. The highest BCUT2D eigenvalue weighted by atomic mass is 32.2. The number of carboxylic acids is 1. The monoisotopic (exact) mass is 456 g/mol. The number of sulfonamides is 1. The zero-order chi connectivity index (χ0) is 22.7. The van der Waals surface area contributed by atoms with Gasteiger partial charge in [0.2, 0.25) is 21.8 Å². The predicted molar refractivity (Wildman–Crippen MR) is 111 cm³/mol. The van der Waals surface area contributed by atoms with Crippen LogP contribution in [-0.2, 0) is 29.1 Å². The number of aliphatic carboxylic acids is 1. The van der Waals surface area contributed by atoms with Gasteiger partial charge in [0.1, 0.15) is 12.6 Å². The molecule has 0 aliphatic carbocycles. The van der Waals surface area contributed by atoms with Crippen molar-refractivity contribution >= 4 is 27.8 Å². The average Bonchev–Trinajstić information content (AvgIpc) is 2.76. The summed E-state index contributed by atoms with van der Waals surface area (Å²) in [4.78, 5) is 35.0. The molecule has 1 fully saturated rings. The number of amides is 2. The zero-order valence-corrected chi connectivity index (χ0v) is 17.8. The van der Waals surface area contributed by atoms with Crippen LogP contribution in [0.1, 0.15) is 19.3 Å². The maximum Gasteiger partial charge on any atom is 0.323 e. The molecule has 1 aromatic carbocycles. The third-order valence-electron chi connectivity index (χ3n) is 4.56. The number of hydrogen-bond acceptors (Lipinski definition) is 7. The topological polar surface area (TPSA) is 163 Å². The van der Waals surface area contributed by atoms with Crippen LogP contribution < -0.4 is 20.7 Å². The van der Waals surface area contributed by atoms with Gasteiger partial charge in [0, 0.05) is 19.5 Å². The van der Waals surface area contributed by atoms with Crippen LogP contribution in [0.25, 0.3) is 0 Å². The highest BCUT2D eigenvalue weighted by Crippen LogP contribution is 2.08. The molecule has 5 N–H and O–H groups in total. The molecule has 1 heterocycles. The van der Waals surface area contributed by atoms with Crippen molar-refractivity contribution in [1.82, 2.24) is 20.7 Å². The quantitative estimate of drug-likeness (QED) is 0.262. The number of benzene rings is 1. The molecule has 0 aromatic heterocycles. The van der Waals surface area contributed by atoms with Crippen LogP contribution in [0.4, 0.5) is 0 Å². The lowest BCUT2D eigenvalue weighted by Crippen LogP contribution is -2.48. The Bertz CT molecular complexity index is 842. The van der Waals surface area contributed by atoms with E-state index in [9.17, 15) is 27.9 Å². The molecule has 1 aliphatic heterocycles. The minimum atomic E-state index is -4.05. The number of carboxylic acid groups (broad SMARTS) is 1. The molecule has 0 saturated carbocycles. The fraction of sp³-hybridized carbons (Fsp3) is 0.526. The Morgan fingerprint density at radius 1 is 1.10 bits per heavy atom. The van der Waals surface area contributed by atoms with Gasteiger partial charge in [-0.25, -0.2) is 8.42 Å². The van der Waals surface area contributed by atoms with Crippen molar-refractivity contribution < 1.29 is 32.6 Å². The molecule has 0 radical (unpaired) electrons. The Morgan fingerprint density at radius 3 is 2.42 bits per heavy atom. The van der Waals surface area contributed by atoms with Crippen molar-refractivity contribution in [2.75, 3.05) is 32.8 Å². The van der Waals surface area contributed by atoms with E-state index in [2.05, 4.69) is 20.7 Å². The van der Waals surface area contributed by atoms with Crippen LogP contribution in [0.15, 0.2) is 35.2 Å². The second-order valence-electron chi connectivity index (χ2n) is 6.99. The number of carbonyl (C=O) groups is 3. The molecule has 31 heavy (non-hydrogen) atoms. The van der Waals surface area contributed by atoms with E-state index >= 15 is 0 Å². The summed E-state index contributed by atoms with van der Waals surface area (Å²) in [5.41, 5.74) is 0. The normalized spacial score (nSPS) is 15.7. The summed E-state index contributed by atoms with van der Waals surface area (Å²) in [6.07, 6.45) is 1.64. The third-order valence-corrected chi connectivity index (χ3v) is 6.05. The first kappa shape index (κ1) is 24.7. The molecule has 11 nitrogen and oxygen atoms in total. The van der Waals surface area contributed by atoms with Gasteiger partial charge in [0.25, 0.3) is 0 Å². The van der Waals surface area contributed by atoms with Crippen molar-refractivity contribution in [2.24, 2.45) is 0 Å². The van der Waals surface area contributed by atoms with Crippen molar-refractivity contribution in [2.45, 2.75) is 36.3 Å². The smallest absolute Gasteiger partial charge is 0.323 e. The van der Waals surface area contributed by atoms with Crippen LogP contribution in [0.3, 0.4) is 0 Å². The number of piperidine rings is 1. The van der Waals surface area contributed by atoms with Gasteiger partial charge in [0.15, 0.2) is 0 Å². The molecule has 0 unspecified atom stereocenters. The SMILES string of the molecule is O=C(CCNC(=O)COC1CCNCC1)NC[C@H](NS(=O)(=O)c1ccccc1)C(=O)O. The maximum absolute atomic E-state index is 12.3. The molecule has 2 amide bonds. The molecular formula is C19H28N4O7S. The van der Waals surface area contributed by atoms with Gasteiger partial charge in [-0.15, -0.1) is 0 Å². The molecule has 0 bridgehead atoms. The molecule has 172 valence electrons. The van der Waals surface area contributed by atoms with Crippen molar-refractivity contribution in [1.29, 1.82) is 0 Å². The molecule has 2 rings (SSSR count). The number of ether oxygens (including phenoxy) is 1. The van der Waals surface area contributed by atoms with Crippen molar-refractivity contribution in [3.63, 3.8) is 0 Å². The fourth-order valence-corrected chi connectivity index (χ4v) is 4.07. The van der Waals surface area contributed by atoms with Gasteiger partial charge >= 0.3 is 5.97 Å². The summed E-state index contributed by atoms with van der Waals surface area (Å²) in [7, 11) is -4.05. The standard InChI is InChI=1S/C19H28N4O7S/c24-17(8-11-21-18(25)13-30-14-6-9-20-10-7-14)22-12-16(19(26)27)23-31(28,29)15-4-2-1-3-5-15/h1-5,14,16,20,23H,6-13H2,(H,21,25)(H,22,24)(H,26,27)/t16-/m0/s1. The Hall–Kier alpha value is -2.54. The Kier molecular flexibility index (Phi) is 9.85. The van der Waals surface area contributed by atoms with Gasteiger partial charge in [0.05, 0.1) is 11.0 Å². The second-order valence-corrected chi connectivity index (χ2v) is 8.70. The minimum absolute atomic E-state index is 0.0444. The van der Waals surface area contributed by atoms with Crippen LogP contribution in [-0.4, -0.2) is 76.2 Å². The van der Waals surface area contributed by atoms with Crippen molar-refractivity contribution in [3.05, 3.63) is 30.3 Å². The molecule has 12 heteroatoms. The number of rotatable bonds is 12. The molecule has 1 saturated heterocycles. The van der Waals surface area contributed by atoms with Crippen LogP contribution in [0, 0.1) is 0 Å². The number of nitrogens with one attached hydrogen (secondary N) is 4.